The van der Waals surface area contributed by atoms with Crippen molar-refractivity contribution in [3.63, 3.8) is 0 Å². The molecule has 1 aromatic rings. The molecule has 19 heavy (non-hydrogen) atoms. The van der Waals surface area contributed by atoms with Gasteiger partial charge in [0.05, 0.1) is 6.10 Å². The summed E-state index contributed by atoms with van der Waals surface area (Å²) in [6, 6.07) is 6.87. The van der Waals surface area contributed by atoms with E-state index in [0.717, 1.165) is 32.7 Å². The molecule has 1 atom stereocenters. The van der Waals surface area contributed by atoms with Gasteiger partial charge in [-0.05, 0) is 55.8 Å². The number of nitrogens with one attached hydrogen (secondary N) is 2. The Labute approximate surface area is 115 Å². The van der Waals surface area contributed by atoms with Crippen LogP contribution < -0.4 is 10.6 Å². The summed E-state index contributed by atoms with van der Waals surface area (Å²) >= 11 is 0. The van der Waals surface area contributed by atoms with Gasteiger partial charge in [0.15, 0.2) is 0 Å². The standard InChI is InChI=1S/C16H24N2O/c1-3-14-11-13(5-6-16(14)18-8-1)7-9-17-12-15-4-2-10-19-15/h5-6,11,15,17-18H,1-4,7-10,12H2. The number of anilines is 1. The maximum absolute atomic E-state index is 5.61. The third kappa shape index (κ3) is 3.48. The van der Waals surface area contributed by atoms with Crippen molar-refractivity contribution in [3.05, 3.63) is 29.3 Å². The fourth-order valence-electron chi connectivity index (χ4n) is 2.98. The van der Waals surface area contributed by atoms with Crippen LogP contribution in [0.4, 0.5) is 5.69 Å². The number of fused-ring (bicyclic) bond motifs is 1. The van der Waals surface area contributed by atoms with E-state index in [9.17, 15) is 0 Å². The van der Waals surface area contributed by atoms with Gasteiger partial charge in [0.25, 0.3) is 0 Å². The monoisotopic (exact) mass is 260 g/mol. The molecule has 3 nitrogen and oxygen atoms in total. The molecule has 2 aliphatic heterocycles. The minimum Gasteiger partial charge on any atom is -0.385 e. The third-order valence-corrected chi connectivity index (χ3v) is 4.09. The second-order valence-electron chi connectivity index (χ2n) is 5.61. The molecule has 1 aromatic carbocycles. The summed E-state index contributed by atoms with van der Waals surface area (Å²) < 4.78 is 5.61. The first-order valence-corrected chi connectivity index (χ1v) is 7.60. The lowest BCUT2D eigenvalue weighted by Gasteiger charge is -2.18. The zero-order valence-electron chi connectivity index (χ0n) is 11.6. The molecule has 0 radical (unpaired) electrons. The molecule has 0 aliphatic carbocycles. The van der Waals surface area contributed by atoms with Gasteiger partial charge in [0, 0.05) is 25.4 Å². The summed E-state index contributed by atoms with van der Waals surface area (Å²) in [5.74, 6) is 0. The highest BCUT2D eigenvalue weighted by Gasteiger charge is 2.14. The van der Waals surface area contributed by atoms with E-state index in [4.69, 9.17) is 4.74 Å². The van der Waals surface area contributed by atoms with E-state index in [1.807, 2.05) is 0 Å². The summed E-state index contributed by atoms with van der Waals surface area (Å²) in [5.41, 5.74) is 4.27. The van der Waals surface area contributed by atoms with Gasteiger partial charge in [-0.15, -0.1) is 0 Å². The maximum Gasteiger partial charge on any atom is 0.0700 e. The van der Waals surface area contributed by atoms with Crippen LogP contribution in [0.15, 0.2) is 18.2 Å². The highest BCUT2D eigenvalue weighted by molar-refractivity contribution is 5.54. The quantitative estimate of drug-likeness (QED) is 0.797. The Morgan fingerprint density at radius 1 is 1.32 bits per heavy atom. The molecule has 2 aliphatic rings. The molecule has 0 saturated carbocycles. The van der Waals surface area contributed by atoms with Crippen LogP contribution in [0.2, 0.25) is 0 Å². The molecule has 104 valence electrons. The zero-order valence-corrected chi connectivity index (χ0v) is 11.6. The molecule has 1 fully saturated rings. The topological polar surface area (TPSA) is 33.3 Å². The second-order valence-corrected chi connectivity index (χ2v) is 5.61. The van der Waals surface area contributed by atoms with Crippen LogP contribution in [-0.2, 0) is 17.6 Å². The molecule has 0 spiro atoms. The molecule has 0 aromatic heterocycles. The lowest BCUT2D eigenvalue weighted by atomic mass is 9.99. The Morgan fingerprint density at radius 3 is 3.21 bits per heavy atom. The van der Waals surface area contributed by atoms with Crippen molar-refractivity contribution in [2.24, 2.45) is 0 Å². The highest BCUT2D eigenvalue weighted by atomic mass is 16.5. The van der Waals surface area contributed by atoms with Crippen molar-refractivity contribution in [2.45, 2.75) is 38.2 Å². The van der Waals surface area contributed by atoms with Crippen LogP contribution >= 0.6 is 0 Å². The van der Waals surface area contributed by atoms with E-state index >= 15 is 0 Å². The minimum atomic E-state index is 0.452. The molecule has 2 N–H and O–H groups in total. The molecular formula is C16H24N2O. The Hall–Kier alpha value is -1.06. The van der Waals surface area contributed by atoms with Crippen molar-refractivity contribution in [2.75, 3.05) is 31.6 Å². The predicted octanol–water partition coefficient (Wildman–Crippen LogP) is 2.36. The molecule has 3 heteroatoms. The van der Waals surface area contributed by atoms with Gasteiger partial charge in [0.2, 0.25) is 0 Å². The average molecular weight is 260 g/mol. The molecule has 3 rings (SSSR count). The fourth-order valence-corrected chi connectivity index (χ4v) is 2.98. The van der Waals surface area contributed by atoms with Crippen molar-refractivity contribution < 1.29 is 4.74 Å². The second kappa shape index (κ2) is 6.40. The van der Waals surface area contributed by atoms with Crippen molar-refractivity contribution in [3.8, 4) is 0 Å². The minimum absolute atomic E-state index is 0.452. The number of ether oxygens (including phenoxy) is 1. The van der Waals surface area contributed by atoms with E-state index in [2.05, 4.69) is 28.8 Å². The van der Waals surface area contributed by atoms with Crippen LogP contribution in [-0.4, -0.2) is 32.3 Å². The van der Waals surface area contributed by atoms with Gasteiger partial charge in [-0.2, -0.15) is 0 Å². The van der Waals surface area contributed by atoms with Gasteiger partial charge >= 0.3 is 0 Å². The van der Waals surface area contributed by atoms with Crippen molar-refractivity contribution in [1.82, 2.24) is 5.32 Å². The van der Waals surface area contributed by atoms with Gasteiger partial charge in [0.1, 0.15) is 0 Å². The van der Waals surface area contributed by atoms with E-state index in [1.54, 1.807) is 0 Å². The summed E-state index contributed by atoms with van der Waals surface area (Å²) in [5, 5.41) is 6.98. The Kier molecular flexibility index (Phi) is 4.36. The lowest BCUT2D eigenvalue weighted by Crippen LogP contribution is -2.27. The summed E-state index contributed by atoms with van der Waals surface area (Å²) in [4.78, 5) is 0. The van der Waals surface area contributed by atoms with Gasteiger partial charge in [-0.1, -0.05) is 12.1 Å². The highest BCUT2D eigenvalue weighted by Crippen LogP contribution is 2.22. The third-order valence-electron chi connectivity index (χ3n) is 4.09. The molecular weight excluding hydrogens is 236 g/mol. The first kappa shape index (κ1) is 12.9. The van der Waals surface area contributed by atoms with Gasteiger partial charge in [-0.3, -0.25) is 0 Å². The van der Waals surface area contributed by atoms with Crippen molar-refractivity contribution >= 4 is 5.69 Å². The first-order valence-electron chi connectivity index (χ1n) is 7.60. The van der Waals surface area contributed by atoms with Crippen LogP contribution in [0, 0.1) is 0 Å². The normalized spacial score (nSPS) is 22.0. The summed E-state index contributed by atoms with van der Waals surface area (Å²) in [6.45, 7) is 4.12. The molecule has 2 heterocycles. The number of rotatable bonds is 5. The van der Waals surface area contributed by atoms with E-state index in [0.29, 0.717) is 6.10 Å². The summed E-state index contributed by atoms with van der Waals surface area (Å²) in [7, 11) is 0. The van der Waals surface area contributed by atoms with E-state index in [-0.39, 0.29) is 0 Å². The van der Waals surface area contributed by atoms with E-state index in [1.165, 1.54) is 42.5 Å². The predicted molar refractivity (Wildman–Crippen MR) is 78.8 cm³/mol. The Balaban J connectivity index is 1.44. The smallest absolute Gasteiger partial charge is 0.0700 e. The number of hydrogen-bond acceptors (Lipinski definition) is 3. The van der Waals surface area contributed by atoms with Gasteiger partial charge < -0.3 is 15.4 Å². The van der Waals surface area contributed by atoms with Crippen LogP contribution in [0.1, 0.15) is 30.4 Å². The SMILES string of the molecule is c1cc2c(cc1CCNCC1CCCO1)CCCN2. The maximum atomic E-state index is 5.61. The van der Waals surface area contributed by atoms with E-state index < -0.39 is 0 Å². The molecule has 0 bridgehead atoms. The van der Waals surface area contributed by atoms with Crippen LogP contribution in [0.25, 0.3) is 0 Å². The fraction of sp³-hybridized carbons (Fsp3) is 0.625. The Morgan fingerprint density at radius 2 is 2.32 bits per heavy atom. The molecule has 1 saturated heterocycles. The molecule has 1 unspecified atom stereocenters. The zero-order chi connectivity index (χ0) is 12.9. The van der Waals surface area contributed by atoms with Crippen LogP contribution in [0.5, 0.6) is 0 Å². The number of benzene rings is 1. The number of aryl methyl sites for hydroxylation is 1. The first-order chi connectivity index (χ1) is 9.42. The lowest BCUT2D eigenvalue weighted by molar-refractivity contribution is 0.110. The van der Waals surface area contributed by atoms with Crippen LogP contribution in [0.3, 0.4) is 0 Å². The largest absolute Gasteiger partial charge is 0.385 e. The molecule has 0 amide bonds. The Bertz CT molecular complexity index is 413. The average Bonchev–Trinajstić information content (AvgIpc) is 2.97. The summed E-state index contributed by atoms with van der Waals surface area (Å²) in [6.07, 6.45) is 6.49. The van der Waals surface area contributed by atoms with Crippen molar-refractivity contribution in [1.29, 1.82) is 0 Å². The number of hydrogen-bond donors (Lipinski definition) is 2. The van der Waals surface area contributed by atoms with Gasteiger partial charge in [-0.25, -0.2) is 0 Å².